The third-order valence-corrected chi connectivity index (χ3v) is 5.20. The highest BCUT2D eigenvalue weighted by molar-refractivity contribution is 5.79. The van der Waals surface area contributed by atoms with Crippen LogP contribution in [0.25, 0.3) is 0 Å². The molecule has 120 valence electrons. The van der Waals surface area contributed by atoms with Crippen molar-refractivity contribution in [3.63, 3.8) is 0 Å². The third kappa shape index (κ3) is 3.96. The van der Waals surface area contributed by atoms with E-state index in [1.165, 1.54) is 12.8 Å². The molecule has 2 heterocycles. The Bertz CT molecular complexity index is 393. The van der Waals surface area contributed by atoms with Gasteiger partial charge in [0.05, 0.1) is 5.41 Å². The minimum absolute atomic E-state index is 0.125. The van der Waals surface area contributed by atoms with E-state index in [1.54, 1.807) is 11.8 Å². The first-order valence-electron chi connectivity index (χ1n) is 8.14. The van der Waals surface area contributed by atoms with Crippen molar-refractivity contribution >= 4 is 11.9 Å². The lowest BCUT2D eigenvalue weighted by molar-refractivity contribution is -0.153. The number of carboxylic acids is 1. The fourth-order valence-electron chi connectivity index (χ4n) is 3.56. The van der Waals surface area contributed by atoms with Gasteiger partial charge in [0.1, 0.15) is 0 Å². The van der Waals surface area contributed by atoms with E-state index in [0.717, 1.165) is 19.5 Å². The SMILES string of the molecule is CC(CC(=O)N1CCCC(C)(C(=O)O)C1)C1CCCNC1. The van der Waals surface area contributed by atoms with Gasteiger partial charge in [0.25, 0.3) is 0 Å². The Morgan fingerprint density at radius 3 is 2.81 bits per heavy atom. The molecule has 0 aliphatic carbocycles. The summed E-state index contributed by atoms with van der Waals surface area (Å²) in [4.78, 5) is 25.6. The molecule has 0 radical (unpaired) electrons. The van der Waals surface area contributed by atoms with Gasteiger partial charge in [-0.05, 0) is 57.5 Å². The standard InChI is InChI=1S/C16H28N2O3/c1-12(13-5-3-7-17-10-13)9-14(19)18-8-4-6-16(2,11-18)15(20)21/h12-13,17H,3-11H2,1-2H3,(H,20,21). The first-order chi connectivity index (χ1) is 9.92. The summed E-state index contributed by atoms with van der Waals surface area (Å²) in [5.41, 5.74) is -0.774. The number of hydrogen-bond acceptors (Lipinski definition) is 3. The minimum Gasteiger partial charge on any atom is -0.481 e. The van der Waals surface area contributed by atoms with Crippen molar-refractivity contribution in [1.82, 2.24) is 10.2 Å². The first-order valence-corrected chi connectivity index (χ1v) is 8.14. The second kappa shape index (κ2) is 6.77. The minimum atomic E-state index is -0.787. The molecular weight excluding hydrogens is 268 g/mol. The molecule has 5 nitrogen and oxygen atoms in total. The van der Waals surface area contributed by atoms with Crippen LogP contribution in [0.5, 0.6) is 0 Å². The van der Waals surface area contributed by atoms with Gasteiger partial charge in [0.15, 0.2) is 0 Å². The average molecular weight is 296 g/mol. The Hall–Kier alpha value is -1.10. The molecule has 3 unspecified atom stereocenters. The topological polar surface area (TPSA) is 69.6 Å². The zero-order valence-electron chi connectivity index (χ0n) is 13.2. The maximum absolute atomic E-state index is 12.5. The lowest BCUT2D eigenvalue weighted by Crippen LogP contribution is -2.49. The Morgan fingerprint density at radius 1 is 1.43 bits per heavy atom. The van der Waals surface area contributed by atoms with E-state index in [2.05, 4.69) is 12.2 Å². The monoisotopic (exact) mass is 296 g/mol. The molecule has 0 aromatic rings. The molecule has 0 spiro atoms. The second-order valence-electron chi connectivity index (χ2n) is 7.07. The van der Waals surface area contributed by atoms with Crippen LogP contribution in [0.4, 0.5) is 0 Å². The van der Waals surface area contributed by atoms with Gasteiger partial charge in [0.2, 0.25) is 5.91 Å². The number of carbonyl (C=O) groups is 2. The Balaban J connectivity index is 1.88. The maximum Gasteiger partial charge on any atom is 0.311 e. The van der Waals surface area contributed by atoms with E-state index in [0.29, 0.717) is 37.8 Å². The van der Waals surface area contributed by atoms with Crippen molar-refractivity contribution in [2.24, 2.45) is 17.3 Å². The zero-order chi connectivity index (χ0) is 15.5. The van der Waals surface area contributed by atoms with Crippen LogP contribution in [0.1, 0.15) is 46.0 Å². The van der Waals surface area contributed by atoms with E-state index in [1.807, 2.05) is 0 Å². The average Bonchev–Trinajstić information content (AvgIpc) is 2.48. The van der Waals surface area contributed by atoms with Gasteiger partial charge in [-0.15, -0.1) is 0 Å². The highest BCUT2D eigenvalue weighted by Crippen LogP contribution is 2.31. The number of amides is 1. The predicted octanol–water partition coefficient (Wildman–Crippen LogP) is 1.73. The Kier molecular flexibility index (Phi) is 5.25. The fourth-order valence-corrected chi connectivity index (χ4v) is 3.56. The number of piperidine rings is 2. The van der Waals surface area contributed by atoms with Crippen molar-refractivity contribution in [3.05, 3.63) is 0 Å². The van der Waals surface area contributed by atoms with Crippen LogP contribution < -0.4 is 5.32 Å². The molecule has 2 N–H and O–H groups in total. The van der Waals surface area contributed by atoms with Gasteiger partial charge >= 0.3 is 5.97 Å². The van der Waals surface area contributed by atoms with E-state index in [4.69, 9.17) is 0 Å². The molecule has 2 aliphatic heterocycles. The Labute approximate surface area is 127 Å². The molecule has 2 aliphatic rings. The first kappa shape index (κ1) is 16.3. The molecule has 3 atom stereocenters. The number of hydrogen-bond donors (Lipinski definition) is 2. The molecule has 0 aromatic carbocycles. The fraction of sp³-hybridized carbons (Fsp3) is 0.875. The van der Waals surface area contributed by atoms with Crippen molar-refractivity contribution in [3.8, 4) is 0 Å². The molecule has 2 fully saturated rings. The van der Waals surface area contributed by atoms with Gasteiger partial charge < -0.3 is 15.3 Å². The van der Waals surface area contributed by atoms with Crippen LogP contribution in [0.3, 0.4) is 0 Å². The summed E-state index contributed by atoms with van der Waals surface area (Å²) in [6, 6.07) is 0. The largest absolute Gasteiger partial charge is 0.481 e. The summed E-state index contributed by atoms with van der Waals surface area (Å²) in [6.07, 6.45) is 4.36. The zero-order valence-corrected chi connectivity index (χ0v) is 13.2. The summed E-state index contributed by atoms with van der Waals surface area (Å²) in [5, 5.41) is 12.7. The summed E-state index contributed by atoms with van der Waals surface area (Å²) >= 11 is 0. The number of nitrogens with zero attached hydrogens (tertiary/aromatic N) is 1. The van der Waals surface area contributed by atoms with Gasteiger partial charge in [0, 0.05) is 19.5 Å². The van der Waals surface area contributed by atoms with Gasteiger partial charge in [-0.2, -0.15) is 0 Å². The summed E-state index contributed by atoms with van der Waals surface area (Å²) in [7, 11) is 0. The molecule has 0 saturated carbocycles. The quantitative estimate of drug-likeness (QED) is 0.829. The molecular formula is C16H28N2O3. The molecule has 1 amide bonds. The van der Waals surface area contributed by atoms with Crippen LogP contribution in [0.2, 0.25) is 0 Å². The second-order valence-corrected chi connectivity index (χ2v) is 7.07. The molecule has 2 saturated heterocycles. The lowest BCUT2D eigenvalue weighted by Gasteiger charge is -2.38. The number of aliphatic carboxylic acids is 1. The van der Waals surface area contributed by atoms with Crippen LogP contribution in [0.15, 0.2) is 0 Å². The van der Waals surface area contributed by atoms with Crippen LogP contribution >= 0.6 is 0 Å². The van der Waals surface area contributed by atoms with Gasteiger partial charge in [-0.25, -0.2) is 0 Å². The number of likely N-dealkylation sites (tertiary alicyclic amines) is 1. The Morgan fingerprint density at radius 2 is 2.19 bits per heavy atom. The van der Waals surface area contributed by atoms with Crippen LogP contribution in [-0.2, 0) is 9.59 Å². The molecule has 0 bridgehead atoms. The van der Waals surface area contributed by atoms with Gasteiger partial charge in [-0.1, -0.05) is 6.92 Å². The van der Waals surface area contributed by atoms with E-state index < -0.39 is 11.4 Å². The predicted molar refractivity (Wildman–Crippen MR) is 80.9 cm³/mol. The number of carboxylic acid groups (broad SMARTS) is 1. The van der Waals surface area contributed by atoms with E-state index in [9.17, 15) is 14.7 Å². The summed E-state index contributed by atoms with van der Waals surface area (Å²) in [6.45, 7) is 7.05. The van der Waals surface area contributed by atoms with Gasteiger partial charge in [-0.3, -0.25) is 9.59 Å². The van der Waals surface area contributed by atoms with Crippen LogP contribution in [-0.4, -0.2) is 48.1 Å². The number of carbonyl (C=O) groups excluding carboxylic acids is 1. The molecule has 21 heavy (non-hydrogen) atoms. The maximum atomic E-state index is 12.5. The highest BCUT2D eigenvalue weighted by Gasteiger charge is 2.39. The summed E-state index contributed by atoms with van der Waals surface area (Å²) in [5.74, 6) is 0.270. The molecule has 0 aromatic heterocycles. The van der Waals surface area contributed by atoms with Crippen LogP contribution in [0, 0.1) is 17.3 Å². The lowest BCUT2D eigenvalue weighted by atomic mass is 9.81. The summed E-state index contributed by atoms with van der Waals surface area (Å²) < 4.78 is 0. The number of rotatable bonds is 4. The number of nitrogens with one attached hydrogen (secondary N) is 1. The van der Waals surface area contributed by atoms with E-state index >= 15 is 0 Å². The smallest absolute Gasteiger partial charge is 0.311 e. The van der Waals surface area contributed by atoms with Crippen molar-refractivity contribution in [2.45, 2.75) is 46.0 Å². The van der Waals surface area contributed by atoms with Crippen molar-refractivity contribution in [2.75, 3.05) is 26.2 Å². The van der Waals surface area contributed by atoms with E-state index in [-0.39, 0.29) is 5.91 Å². The van der Waals surface area contributed by atoms with Crippen molar-refractivity contribution < 1.29 is 14.7 Å². The highest BCUT2D eigenvalue weighted by atomic mass is 16.4. The third-order valence-electron chi connectivity index (χ3n) is 5.20. The van der Waals surface area contributed by atoms with Crippen molar-refractivity contribution in [1.29, 1.82) is 0 Å². The molecule has 5 heteroatoms. The normalized spacial score (nSPS) is 31.7. The molecule has 2 rings (SSSR count).